The zero-order valence-electron chi connectivity index (χ0n) is 18.8. The van der Waals surface area contributed by atoms with E-state index in [9.17, 15) is 4.79 Å². The van der Waals surface area contributed by atoms with Gasteiger partial charge in [0.1, 0.15) is 11.6 Å². The average molecular weight is 428 g/mol. The van der Waals surface area contributed by atoms with E-state index in [0.29, 0.717) is 13.1 Å². The van der Waals surface area contributed by atoms with Gasteiger partial charge in [-0.3, -0.25) is 4.79 Å². The minimum atomic E-state index is 0.107. The van der Waals surface area contributed by atoms with Crippen LogP contribution in [-0.2, 0) is 13.0 Å². The van der Waals surface area contributed by atoms with Crippen LogP contribution < -0.4 is 9.80 Å². The summed E-state index contributed by atoms with van der Waals surface area (Å²) in [4.78, 5) is 28.6. The number of hydrogen-bond donors (Lipinski definition) is 0. The normalized spacial score (nSPS) is 16.1. The number of piperazine rings is 1. The highest BCUT2D eigenvalue weighted by molar-refractivity contribution is 5.94. The molecule has 1 saturated heterocycles. The topological polar surface area (TPSA) is 52.6 Å². The summed E-state index contributed by atoms with van der Waals surface area (Å²) in [6.07, 6.45) is 1.06. The molecule has 0 radical (unpaired) electrons. The number of aryl methyl sites for hydroxylation is 2. The van der Waals surface area contributed by atoms with Crippen LogP contribution in [0.4, 0.5) is 11.5 Å². The first-order chi connectivity index (χ1) is 15.6. The number of carbonyl (C=O) groups is 1. The molecule has 2 aliphatic heterocycles. The molecule has 3 heterocycles. The maximum Gasteiger partial charge on any atom is 0.253 e. The van der Waals surface area contributed by atoms with Crippen molar-refractivity contribution in [2.24, 2.45) is 0 Å². The maximum absolute atomic E-state index is 13.1. The molecule has 1 fully saturated rings. The second-order valence-corrected chi connectivity index (χ2v) is 8.68. The van der Waals surface area contributed by atoms with Crippen LogP contribution in [0.25, 0.3) is 0 Å². The Morgan fingerprint density at radius 2 is 1.53 bits per heavy atom. The zero-order chi connectivity index (χ0) is 22.1. The van der Waals surface area contributed by atoms with Gasteiger partial charge in [0.05, 0.1) is 0 Å². The van der Waals surface area contributed by atoms with E-state index >= 15 is 0 Å². The lowest BCUT2D eigenvalue weighted by atomic mass is 9.99. The quantitative estimate of drug-likeness (QED) is 0.639. The van der Waals surface area contributed by atoms with Crippen LogP contribution in [0.3, 0.4) is 0 Å². The minimum Gasteiger partial charge on any atom is -0.367 e. The average Bonchev–Trinajstić information content (AvgIpc) is 2.83. The molecule has 0 atom stereocenters. The van der Waals surface area contributed by atoms with Crippen molar-refractivity contribution in [2.45, 2.75) is 26.8 Å². The molecule has 6 heteroatoms. The van der Waals surface area contributed by atoms with Crippen molar-refractivity contribution in [3.05, 3.63) is 82.8 Å². The van der Waals surface area contributed by atoms with Crippen molar-refractivity contribution in [1.29, 1.82) is 0 Å². The highest BCUT2D eigenvalue weighted by Crippen LogP contribution is 2.25. The molecule has 164 valence electrons. The lowest BCUT2D eigenvalue weighted by Gasteiger charge is -2.35. The second-order valence-electron chi connectivity index (χ2n) is 8.68. The Hall–Kier alpha value is -3.41. The lowest BCUT2D eigenvalue weighted by Crippen LogP contribution is -2.49. The molecule has 3 aromatic rings. The van der Waals surface area contributed by atoms with Gasteiger partial charge in [0, 0.05) is 62.3 Å². The van der Waals surface area contributed by atoms with E-state index in [1.165, 1.54) is 16.8 Å². The van der Waals surface area contributed by atoms with Gasteiger partial charge in [-0.25, -0.2) is 9.97 Å². The molecule has 2 aromatic carbocycles. The number of fused-ring (bicyclic) bond motifs is 1. The fourth-order valence-corrected chi connectivity index (χ4v) is 4.71. The van der Waals surface area contributed by atoms with Gasteiger partial charge < -0.3 is 14.7 Å². The van der Waals surface area contributed by atoms with Gasteiger partial charge in [0.25, 0.3) is 5.91 Å². The van der Waals surface area contributed by atoms with E-state index in [-0.39, 0.29) is 5.91 Å². The third kappa shape index (κ3) is 4.17. The Morgan fingerprint density at radius 3 is 2.25 bits per heavy atom. The molecule has 5 rings (SSSR count). The van der Waals surface area contributed by atoms with E-state index in [0.717, 1.165) is 55.5 Å². The standard InChI is InChI=1S/C26H29N5O/c1-19-17-25(28-20(2)27-19)29-13-15-30(16-14-29)26(32)22-7-9-24(10-8-22)31-12-11-21-5-3-4-6-23(21)18-31/h3-10,17H,11-16,18H2,1-2H3. The maximum atomic E-state index is 13.1. The summed E-state index contributed by atoms with van der Waals surface area (Å²) in [5, 5.41) is 0. The van der Waals surface area contributed by atoms with Crippen molar-refractivity contribution in [3.63, 3.8) is 0 Å². The SMILES string of the molecule is Cc1cc(N2CCN(C(=O)c3ccc(N4CCc5ccccc5C4)cc3)CC2)nc(C)n1. The molecule has 0 unspecified atom stereocenters. The summed E-state index contributed by atoms with van der Waals surface area (Å²) >= 11 is 0. The number of hydrogen-bond acceptors (Lipinski definition) is 5. The molecule has 2 aliphatic rings. The van der Waals surface area contributed by atoms with Gasteiger partial charge in [0.2, 0.25) is 0 Å². The van der Waals surface area contributed by atoms with Crippen molar-refractivity contribution < 1.29 is 4.79 Å². The monoisotopic (exact) mass is 427 g/mol. The van der Waals surface area contributed by atoms with Gasteiger partial charge in [-0.1, -0.05) is 24.3 Å². The van der Waals surface area contributed by atoms with Crippen molar-refractivity contribution in [3.8, 4) is 0 Å². The van der Waals surface area contributed by atoms with Crippen LogP contribution in [0, 0.1) is 13.8 Å². The van der Waals surface area contributed by atoms with E-state index in [4.69, 9.17) is 0 Å². The van der Waals surface area contributed by atoms with Crippen LogP contribution >= 0.6 is 0 Å². The molecule has 32 heavy (non-hydrogen) atoms. The molecule has 0 aliphatic carbocycles. The Bertz CT molecular complexity index is 1100. The van der Waals surface area contributed by atoms with Crippen LogP contribution in [0.1, 0.15) is 33.0 Å². The highest BCUT2D eigenvalue weighted by Gasteiger charge is 2.24. The lowest BCUT2D eigenvalue weighted by molar-refractivity contribution is 0.0746. The van der Waals surface area contributed by atoms with Crippen LogP contribution in [0.15, 0.2) is 54.6 Å². The van der Waals surface area contributed by atoms with Crippen molar-refractivity contribution in [1.82, 2.24) is 14.9 Å². The number of aromatic nitrogens is 2. The molecular weight excluding hydrogens is 398 g/mol. The number of carbonyl (C=O) groups excluding carboxylic acids is 1. The number of nitrogens with zero attached hydrogens (tertiary/aromatic N) is 5. The number of rotatable bonds is 3. The Balaban J connectivity index is 1.21. The molecule has 1 aromatic heterocycles. The Morgan fingerprint density at radius 1 is 0.812 bits per heavy atom. The fourth-order valence-electron chi connectivity index (χ4n) is 4.71. The van der Waals surface area contributed by atoms with Crippen LogP contribution in [0.2, 0.25) is 0 Å². The Kier molecular flexibility index (Phi) is 5.52. The molecule has 6 nitrogen and oxygen atoms in total. The third-order valence-electron chi connectivity index (χ3n) is 6.45. The van der Waals surface area contributed by atoms with E-state index in [1.54, 1.807) is 0 Å². The molecule has 0 bridgehead atoms. The molecule has 1 amide bonds. The van der Waals surface area contributed by atoms with Gasteiger partial charge in [-0.2, -0.15) is 0 Å². The molecule has 0 saturated carbocycles. The molecule has 0 N–H and O–H groups in total. The van der Waals surface area contributed by atoms with E-state index < -0.39 is 0 Å². The summed E-state index contributed by atoms with van der Waals surface area (Å²) in [6, 6.07) is 18.8. The van der Waals surface area contributed by atoms with Crippen LogP contribution in [0.5, 0.6) is 0 Å². The summed E-state index contributed by atoms with van der Waals surface area (Å²) in [5.41, 5.74) is 5.75. The van der Waals surface area contributed by atoms with Gasteiger partial charge in [-0.05, 0) is 55.7 Å². The zero-order valence-corrected chi connectivity index (χ0v) is 18.8. The van der Waals surface area contributed by atoms with Crippen molar-refractivity contribution >= 4 is 17.4 Å². The first-order valence-electron chi connectivity index (χ1n) is 11.3. The van der Waals surface area contributed by atoms with Crippen molar-refractivity contribution in [2.75, 3.05) is 42.5 Å². The minimum absolute atomic E-state index is 0.107. The van der Waals surface area contributed by atoms with E-state index in [1.807, 2.05) is 36.9 Å². The molecular formula is C26H29N5O. The third-order valence-corrected chi connectivity index (χ3v) is 6.45. The second kappa shape index (κ2) is 8.61. The first-order valence-corrected chi connectivity index (χ1v) is 11.3. The fraction of sp³-hybridized carbons (Fsp3) is 0.346. The van der Waals surface area contributed by atoms with Gasteiger partial charge >= 0.3 is 0 Å². The number of anilines is 2. The number of amides is 1. The summed E-state index contributed by atoms with van der Waals surface area (Å²) in [5.74, 6) is 1.85. The van der Waals surface area contributed by atoms with Gasteiger partial charge in [-0.15, -0.1) is 0 Å². The summed E-state index contributed by atoms with van der Waals surface area (Å²) < 4.78 is 0. The smallest absolute Gasteiger partial charge is 0.253 e. The number of benzene rings is 2. The van der Waals surface area contributed by atoms with Gasteiger partial charge in [0.15, 0.2) is 0 Å². The Labute approximate surface area is 189 Å². The predicted molar refractivity (Wildman–Crippen MR) is 127 cm³/mol. The van der Waals surface area contributed by atoms with Crippen LogP contribution in [-0.4, -0.2) is 53.5 Å². The summed E-state index contributed by atoms with van der Waals surface area (Å²) in [6.45, 7) is 8.81. The summed E-state index contributed by atoms with van der Waals surface area (Å²) in [7, 11) is 0. The first kappa shape index (κ1) is 20.5. The highest BCUT2D eigenvalue weighted by atomic mass is 16.2. The largest absolute Gasteiger partial charge is 0.367 e. The molecule has 0 spiro atoms. The predicted octanol–water partition coefficient (Wildman–Crippen LogP) is 3.62. The van der Waals surface area contributed by atoms with E-state index in [2.05, 4.69) is 56.2 Å².